The van der Waals surface area contributed by atoms with Gasteiger partial charge in [-0.05, 0) is 12.1 Å². The molecule has 0 heterocycles. The predicted molar refractivity (Wildman–Crippen MR) is 53.0 cm³/mol. The highest BCUT2D eigenvalue weighted by Crippen LogP contribution is 2.22. The van der Waals surface area contributed by atoms with Crippen molar-refractivity contribution in [2.75, 3.05) is 19.0 Å². The molecule has 0 spiro atoms. The van der Waals surface area contributed by atoms with Crippen molar-refractivity contribution >= 4 is 29.7 Å². The molecule has 0 unspecified atom stereocenters. The first-order chi connectivity index (χ1) is 4.72. The predicted octanol–water partition coefficient (Wildman–Crippen LogP) is 2.83. The van der Waals surface area contributed by atoms with E-state index in [1.54, 1.807) is 0 Å². The van der Waals surface area contributed by atoms with Crippen molar-refractivity contribution in [1.29, 1.82) is 0 Å². The summed E-state index contributed by atoms with van der Waals surface area (Å²) in [6, 6.07) is 7.77. The summed E-state index contributed by atoms with van der Waals surface area (Å²) in [6.45, 7) is 0. The van der Waals surface area contributed by atoms with Crippen LogP contribution in [0.2, 0.25) is 5.02 Å². The summed E-state index contributed by atoms with van der Waals surface area (Å²) in [6.07, 6.45) is 0. The van der Waals surface area contributed by atoms with Crippen molar-refractivity contribution < 1.29 is 0 Å². The van der Waals surface area contributed by atoms with Gasteiger partial charge in [0, 0.05) is 14.1 Å². The number of hydrogen-bond acceptors (Lipinski definition) is 1. The lowest BCUT2D eigenvalue weighted by molar-refractivity contribution is 1.13. The molecule has 3 heteroatoms. The molecule has 1 aromatic rings. The molecule has 0 bridgehead atoms. The van der Waals surface area contributed by atoms with Gasteiger partial charge < -0.3 is 4.90 Å². The van der Waals surface area contributed by atoms with E-state index in [2.05, 4.69) is 0 Å². The Kier molecular flexibility index (Phi) is 4.31. The number of halogens is 2. The third-order valence-electron chi connectivity index (χ3n) is 1.33. The maximum Gasteiger partial charge on any atom is 0.0639 e. The van der Waals surface area contributed by atoms with Crippen molar-refractivity contribution in [1.82, 2.24) is 0 Å². The van der Waals surface area contributed by atoms with E-state index < -0.39 is 0 Å². The van der Waals surface area contributed by atoms with E-state index in [0.29, 0.717) is 0 Å². The fraction of sp³-hybridized carbons (Fsp3) is 0.250. The van der Waals surface area contributed by atoms with Gasteiger partial charge in [-0.25, -0.2) is 0 Å². The van der Waals surface area contributed by atoms with E-state index in [4.69, 9.17) is 11.6 Å². The molecule has 0 atom stereocenters. The SMILES string of the molecule is CN(C)c1ccccc1Cl.Cl. The van der Waals surface area contributed by atoms with Gasteiger partial charge in [-0.15, -0.1) is 12.4 Å². The second-order valence-electron chi connectivity index (χ2n) is 2.35. The van der Waals surface area contributed by atoms with E-state index in [1.807, 2.05) is 43.3 Å². The highest BCUT2D eigenvalue weighted by Gasteiger charge is 1.97. The van der Waals surface area contributed by atoms with E-state index in [-0.39, 0.29) is 12.4 Å². The largest absolute Gasteiger partial charge is 0.376 e. The van der Waals surface area contributed by atoms with Crippen LogP contribution in [0.15, 0.2) is 24.3 Å². The Bertz CT molecular complexity index is 223. The Labute approximate surface area is 78.4 Å². The third-order valence-corrected chi connectivity index (χ3v) is 1.65. The summed E-state index contributed by atoms with van der Waals surface area (Å²) >= 11 is 5.88. The number of anilines is 1. The zero-order chi connectivity index (χ0) is 7.56. The number of hydrogen-bond donors (Lipinski definition) is 0. The molecule has 0 aliphatic rings. The molecule has 11 heavy (non-hydrogen) atoms. The van der Waals surface area contributed by atoms with Gasteiger partial charge in [0.05, 0.1) is 10.7 Å². The van der Waals surface area contributed by atoms with E-state index >= 15 is 0 Å². The molecule has 0 N–H and O–H groups in total. The molecule has 1 aromatic carbocycles. The molecule has 0 amide bonds. The maximum absolute atomic E-state index is 5.88. The number of rotatable bonds is 1. The fourth-order valence-electron chi connectivity index (χ4n) is 0.814. The molecule has 1 rings (SSSR count). The second-order valence-corrected chi connectivity index (χ2v) is 2.75. The van der Waals surface area contributed by atoms with Crippen molar-refractivity contribution in [3.63, 3.8) is 0 Å². The van der Waals surface area contributed by atoms with E-state index in [9.17, 15) is 0 Å². The van der Waals surface area contributed by atoms with Crippen molar-refractivity contribution in [2.24, 2.45) is 0 Å². The van der Waals surface area contributed by atoms with Crippen LogP contribution in [0.4, 0.5) is 5.69 Å². The van der Waals surface area contributed by atoms with Crippen LogP contribution in [0.25, 0.3) is 0 Å². The van der Waals surface area contributed by atoms with Crippen molar-refractivity contribution in [3.8, 4) is 0 Å². The lowest BCUT2D eigenvalue weighted by Crippen LogP contribution is -2.08. The summed E-state index contributed by atoms with van der Waals surface area (Å²) in [7, 11) is 3.95. The third kappa shape index (κ3) is 2.60. The van der Waals surface area contributed by atoms with Crippen molar-refractivity contribution in [2.45, 2.75) is 0 Å². The minimum atomic E-state index is 0. The monoisotopic (exact) mass is 191 g/mol. The van der Waals surface area contributed by atoms with Crippen LogP contribution < -0.4 is 4.90 Å². The minimum absolute atomic E-state index is 0. The van der Waals surface area contributed by atoms with E-state index in [1.165, 1.54) is 0 Å². The van der Waals surface area contributed by atoms with E-state index in [0.717, 1.165) is 10.7 Å². The van der Waals surface area contributed by atoms with Gasteiger partial charge >= 0.3 is 0 Å². The molecule has 0 aliphatic carbocycles. The normalized spacial score (nSPS) is 8.64. The van der Waals surface area contributed by atoms with Gasteiger partial charge in [-0.2, -0.15) is 0 Å². The molecule has 0 aliphatic heterocycles. The van der Waals surface area contributed by atoms with Gasteiger partial charge in [-0.1, -0.05) is 23.7 Å². The van der Waals surface area contributed by atoms with Crippen LogP contribution in [0, 0.1) is 0 Å². The van der Waals surface area contributed by atoms with Crippen LogP contribution in [-0.2, 0) is 0 Å². The summed E-state index contributed by atoms with van der Waals surface area (Å²) in [5, 5.41) is 0.799. The van der Waals surface area contributed by atoms with Crippen LogP contribution in [-0.4, -0.2) is 14.1 Å². The smallest absolute Gasteiger partial charge is 0.0639 e. The summed E-state index contributed by atoms with van der Waals surface area (Å²) in [4.78, 5) is 1.99. The number of para-hydroxylation sites is 1. The highest BCUT2D eigenvalue weighted by molar-refractivity contribution is 6.33. The molecule has 1 nitrogen and oxygen atoms in total. The Morgan fingerprint density at radius 1 is 1.18 bits per heavy atom. The van der Waals surface area contributed by atoms with Crippen LogP contribution >= 0.6 is 24.0 Å². The molecular formula is C8H11Cl2N. The molecule has 0 saturated heterocycles. The lowest BCUT2D eigenvalue weighted by Gasteiger charge is -2.12. The highest BCUT2D eigenvalue weighted by atomic mass is 35.5. The van der Waals surface area contributed by atoms with Gasteiger partial charge in [-0.3, -0.25) is 0 Å². The quantitative estimate of drug-likeness (QED) is 0.661. The number of benzene rings is 1. The maximum atomic E-state index is 5.88. The minimum Gasteiger partial charge on any atom is -0.376 e. The molecule has 62 valence electrons. The molecule has 0 fully saturated rings. The van der Waals surface area contributed by atoms with Gasteiger partial charge in [0.25, 0.3) is 0 Å². The average molecular weight is 192 g/mol. The summed E-state index contributed by atoms with van der Waals surface area (Å²) in [5.41, 5.74) is 1.06. The Balaban J connectivity index is 0.000001000. The van der Waals surface area contributed by atoms with Crippen LogP contribution in [0.5, 0.6) is 0 Å². The molecule has 0 radical (unpaired) electrons. The molecule has 0 aromatic heterocycles. The summed E-state index contributed by atoms with van der Waals surface area (Å²) < 4.78 is 0. The first kappa shape index (κ1) is 10.6. The molecule has 0 saturated carbocycles. The van der Waals surface area contributed by atoms with Gasteiger partial charge in [0.2, 0.25) is 0 Å². The standard InChI is InChI=1S/C8H10ClN.ClH/c1-10(2)8-6-4-3-5-7(8)9;/h3-6H,1-2H3;1H. The first-order valence-electron chi connectivity index (χ1n) is 3.13. The second kappa shape index (κ2) is 4.47. The lowest BCUT2D eigenvalue weighted by atomic mass is 10.3. The topological polar surface area (TPSA) is 3.24 Å². The zero-order valence-corrected chi connectivity index (χ0v) is 8.12. The fourth-order valence-corrected chi connectivity index (χ4v) is 1.12. The van der Waals surface area contributed by atoms with Gasteiger partial charge in [0.15, 0.2) is 0 Å². The Hall–Kier alpha value is -0.400. The van der Waals surface area contributed by atoms with Gasteiger partial charge in [0.1, 0.15) is 0 Å². The Morgan fingerprint density at radius 2 is 1.73 bits per heavy atom. The van der Waals surface area contributed by atoms with Crippen molar-refractivity contribution in [3.05, 3.63) is 29.3 Å². The average Bonchev–Trinajstić information content (AvgIpc) is 1.88. The van der Waals surface area contributed by atoms with Crippen LogP contribution in [0.1, 0.15) is 0 Å². The number of nitrogens with zero attached hydrogens (tertiary/aromatic N) is 1. The summed E-state index contributed by atoms with van der Waals surface area (Å²) in [5.74, 6) is 0. The zero-order valence-electron chi connectivity index (χ0n) is 6.54. The van der Waals surface area contributed by atoms with Crippen LogP contribution in [0.3, 0.4) is 0 Å². The Morgan fingerprint density at radius 3 is 2.09 bits per heavy atom. The molecular weight excluding hydrogens is 181 g/mol. The first-order valence-corrected chi connectivity index (χ1v) is 3.51.